The molecule has 1 rings (SSSR count). The standard InChI is InChI=1S/C13H23N3O5/c1-3-10(2)15-4-6-16(7-5-15)13(20)14-11(17)8-21-9-12(18)19/h10H,3-9H2,1-2H3,(H,18,19)(H,14,17,20). The van der Waals surface area contributed by atoms with Gasteiger partial charge in [-0.1, -0.05) is 6.92 Å². The minimum absolute atomic E-state index is 0.440. The first kappa shape index (κ1) is 17.4. The molecular weight excluding hydrogens is 278 g/mol. The van der Waals surface area contributed by atoms with Crippen LogP contribution in [-0.2, 0) is 14.3 Å². The average molecular weight is 301 g/mol. The second-order valence-corrected chi connectivity index (χ2v) is 5.02. The lowest BCUT2D eigenvalue weighted by Gasteiger charge is -2.37. The van der Waals surface area contributed by atoms with Crippen LogP contribution >= 0.6 is 0 Å². The van der Waals surface area contributed by atoms with Crippen LogP contribution in [0.25, 0.3) is 0 Å². The van der Waals surface area contributed by atoms with Crippen molar-refractivity contribution in [3.05, 3.63) is 0 Å². The van der Waals surface area contributed by atoms with Gasteiger partial charge in [-0.05, 0) is 13.3 Å². The maximum Gasteiger partial charge on any atom is 0.329 e. The van der Waals surface area contributed by atoms with Gasteiger partial charge < -0.3 is 14.7 Å². The topological polar surface area (TPSA) is 99.2 Å². The van der Waals surface area contributed by atoms with E-state index in [-0.39, 0.29) is 0 Å². The Kier molecular flexibility index (Phi) is 7.10. The van der Waals surface area contributed by atoms with E-state index in [4.69, 9.17) is 5.11 Å². The molecule has 0 aromatic carbocycles. The number of piperazine rings is 1. The Labute approximate surface area is 124 Å². The normalized spacial score (nSPS) is 17.3. The van der Waals surface area contributed by atoms with Crippen molar-refractivity contribution in [2.45, 2.75) is 26.3 Å². The molecule has 8 heteroatoms. The van der Waals surface area contributed by atoms with E-state index in [1.54, 1.807) is 4.90 Å². The zero-order chi connectivity index (χ0) is 15.8. The van der Waals surface area contributed by atoms with E-state index < -0.39 is 31.1 Å². The molecule has 0 aliphatic carbocycles. The van der Waals surface area contributed by atoms with Gasteiger partial charge in [0.2, 0.25) is 0 Å². The van der Waals surface area contributed by atoms with E-state index in [2.05, 4.69) is 28.8 Å². The lowest BCUT2D eigenvalue weighted by atomic mass is 10.2. The molecular formula is C13H23N3O5. The van der Waals surface area contributed by atoms with Crippen LogP contribution in [0.15, 0.2) is 0 Å². The van der Waals surface area contributed by atoms with Gasteiger partial charge in [0.1, 0.15) is 13.2 Å². The van der Waals surface area contributed by atoms with Crippen LogP contribution in [0.3, 0.4) is 0 Å². The Morgan fingerprint density at radius 3 is 2.33 bits per heavy atom. The fourth-order valence-corrected chi connectivity index (χ4v) is 2.09. The van der Waals surface area contributed by atoms with Crippen LogP contribution in [0.2, 0.25) is 0 Å². The van der Waals surface area contributed by atoms with Gasteiger partial charge in [0.15, 0.2) is 0 Å². The second kappa shape index (κ2) is 8.58. The fourth-order valence-electron chi connectivity index (χ4n) is 2.09. The molecule has 3 amide bonds. The number of ether oxygens (including phenoxy) is 1. The summed E-state index contributed by atoms with van der Waals surface area (Å²) in [5.74, 6) is -1.79. The number of carboxylic acids is 1. The maximum atomic E-state index is 11.9. The Balaban J connectivity index is 2.27. The monoisotopic (exact) mass is 301 g/mol. The number of rotatable bonds is 6. The van der Waals surface area contributed by atoms with Crippen LogP contribution in [0.5, 0.6) is 0 Å². The second-order valence-electron chi connectivity index (χ2n) is 5.02. The molecule has 0 aromatic heterocycles. The average Bonchev–Trinajstić information content (AvgIpc) is 2.46. The molecule has 0 aromatic rings. The number of carboxylic acid groups (broad SMARTS) is 1. The summed E-state index contributed by atoms with van der Waals surface area (Å²) in [6.07, 6.45) is 1.06. The summed E-state index contributed by atoms with van der Waals surface area (Å²) in [5, 5.41) is 10.6. The molecule has 120 valence electrons. The third-order valence-corrected chi connectivity index (χ3v) is 3.52. The molecule has 8 nitrogen and oxygen atoms in total. The Morgan fingerprint density at radius 2 is 1.81 bits per heavy atom. The van der Waals surface area contributed by atoms with Gasteiger partial charge in [0.25, 0.3) is 5.91 Å². The lowest BCUT2D eigenvalue weighted by molar-refractivity contribution is -0.143. The van der Waals surface area contributed by atoms with Gasteiger partial charge in [-0.25, -0.2) is 9.59 Å². The van der Waals surface area contributed by atoms with Gasteiger partial charge in [0.05, 0.1) is 0 Å². The highest BCUT2D eigenvalue weighted by Gasteiger charge is 2.24. The molecule has 0 bridgehead atoms. The quantitative estimate of drug-likeness (QED) is 0.701. The van der Waals surface area contributed by atoms with Crippen LogP contribution in [0.4, 0.5) is 4.79 Å². The molecule has 0 radical (unpaired) electrons. The number of aliphatic carboxylic acids is 1. The van der Waals surface area contributed by atoms with Crippen molar-refractivity contribution in [3.63, 3.8) is 0 Å². The molecule has 1 atom stereocenters. The summed E-state index contributed by atoms with van der Waals surface area (Å²) in [6, 6.07) is 0.0315. The Morgan fingerprint density at radius 1 is 1.19 bits per heavy atom. The van der Waals surface area contributed by atoms with E-state index in [1.807, 2.05) is 0 Å². The van der Waals surface area contributed by atoms with E-state index in [1.165, 1.54) is 0 Å². The molecule has 1 saturated heterocycles. The van der Waals surface area contributed by atoms with Gasteiger partial charge in [-0.3, -0.25) is 15.0 Å². The van der Waals surface area contributed by atoms with Crippen LogP contribution in [0.1, 0.15) is 20.3 Å². The van der Waals surface area contributed by atoms with Crippen molar-refractivity contribution >= 4 is 17.9 Å². The highest BCUT2D eigenvalue weighted by Crippen LogP contribution is 2.08. The molecule has 21 heavy (non-hydrogen) atoms. The van der Waals surface area contributed by atoms with Crippen molar-refractivity contribution in [3.8, 4) is 0 Å². The number of hydrogen-bond acceptors (Lipinski definition) is 5. The molecule has 1 aliphatic rings. The highest BCUT2D eigenvalue weighted by atomic mass is 16.5. The summed E-state index contributed by atoms with van der Waals surface area (Å²) in [4.78, 5) is 37.4. The Bertz CT molecular complexity index is 380. The fraction of sp³-hybridized carbons (Fsp3) is 0.769. The number of imide groups is 1. The summed E-state index contributed by atoms with van der Waals surface area (Å²) in [5.41, 5.74) is 0. The van der Waals surface area contributed by atoms with Crippen molar-refractivity contribution in [1.29, 1.82) is 0 Å². The minimum atomic E-state index is -1.16. The van der Waals surface area contributed by atoms with Crippen molar-refractivity contribution in [2.75, 3.05) is 39.4 Å². The van der Waals surface area contributed by atoms with E-state index in [9.17, 15) is 14.4 Å². The SMILES string of the molecule is CCC(C)N1CCN(C(=O)NC(=O)COCC(=O)O)CC1. The summed E-state index contributed by atoms with van der Waals surface area (Å²) in [6.45, 7) is 5.98. The molecule has 1 unspecified atom stereocenters. The van der Waals surface area contributed by atoms with Crippen molar-refractivity contribution in [1.82, 2.24) is 15.1 Å². The van der Waals surface area contributed by atoms with E-state index in [0.29, 0.717) is 19.1 Å². The lowest BCUT2D eigenvalue weighted by Crippen LogP contribution is -2.54. The highest BCUT2D eigenvalue weighted by molar-refractivity contribution is 5.95. The summed E-state index contributed by atoms with van der Waals surface area (Å²) >= 11 is 0. The van der Waals surface area contributed by atoms with Crippen LogP contribution < -0.4 is 5.32 Å². The molecule has 0 saturated carbocycles. The van der Waals surface area contributed by atoms with Gasteiger partial charge in [-0.2, -0.15) is 0 Å². The maximum absolute atomic E-state index is 11.9. The van der Waals surface area contributed by atoms with Crippen LogP contribution in [-0.4, -0.2) is 78.2 Å². The molecule has 0 spiro atoms. The number of hydrogen-bond donors (Lipinski definition) is 2. The number of urea groups is 1. The molecule has 2 N–H and O–H groups in total. The summed E-state index contributed by atoms with van der Waals surface area (Å²) < 4.78 is 4.62. The summed E-state index contributed by atoms with van der Waals surface area (Å²) in [7, 11) is 0. The molecule has 1 heterocycles. The van der Waals surface area contributed by atoms with E-state index in [0.717, 1.165) is 19.5 Å². The number of amides is 3. The van der Waals surface area contributed by atoms with Gasteiger partial charge in [0, 0.05) is 32.2 Å². The largest absolute Gasteiger partial charge is 0.480 e. The minimum Gasteiger partial charge on any atom is -0.480 e. The predicted molar refractivity (Wildman–Crippen MR) is 74.9 cm³/mol. The number of nitrogens with zero attached hydrogens (tertiary/aromatic N) is 2. The van der Waals surface area contributed by atoms with Crippen molar-refractivity contribution in [2.24, 2.45) is 0 Å². The first-order chi connectivity index (χ1) is 9.93. The predicted octanol–water partition coefficient (Wildman–Crippen LogP) is -0.260. The zero-order valence-electron chi connectivity index (χ0n) is 12.5. The molecule has 1 fully saturated rings. The smallest absolute Gasteiger partial charge is 0.329 e. The third-order valence-electron chi connectivity index (χ3n) is 3.52. The molecule has 1 aliphatic heterocycles. The number of carbonyl (C=O) groups is 3. The first-order valence-corrected chi connectivity index (χ1v) is 7.06. The Hall–Kier alpha value is -1.67. The first-order valence-electron chi connectivity index (χ1n) is 7.06. The van der Waals surface area contributed by atoms with E-state index >= 15 is 0 Å². The zero-order valence-corrected chi connectivity index (χ0v) is 12.5. The van der Waals surface area contributed by atoms with Gasteiger partial charge in [-0.15, -0.1) is 0 Å². The van der Waals surface area contributed by atoms with Crippen LogP contribution in [0, 0.1) is 0 Å². The van der Waals surface area contributed by atoms with Gasteiger partial charge >= 0.3 is 12.0 Å². The number of carbonyl (C=O) groups excluding carboxylic acids is 2. The third kappa shape index (κ3) is 6.09. The number of nitrogens with one attached hydrogen (secondary N) is 1. The van der Waals surface area contributed by atoms with Crippen molar-refractivity contribution < 1.29 is 24.2 Å².